The molecule has 0 bridgehead atoms. The number of rotatable bonds is 10. The van der Waals surface area contributed by atoms with Crippen LogP contribution >= 0.6 is 0 Å². The first-order valence-electron chi connectivity index (χ1n) is 18.3. The number of hydrogen-bond donors (Lipinski definition) is 3. The van der Waals surface area contributed by atoms with Crippen LogP contribution < -0.4 is 5.32 Å². The number of imidazole rings is 2. The first-order chi connectivity index (χ1) is 24.0. The predicted octanol–water partition coefficient (Wildman–Crippen LogP) is 8.68. The van der Waals surface area contributed by atoms with Crippen LogP contribution in [-0.2, 0) is 15.1 Å². The highest BCUT2D eigenvalue weighted by atomic mass is 16.2. The summed E-state index contributed by atoms with van der Waals surface area (Å²) in [6, 6.07) is 21.6. The number of ketones is 1. The molecule has 0 aliphatic carbocycles. The Morgan fingerprint density at radius 1 is 0.780 bits per heavy atom. The number of nitrogens with one attached hydrogen (secondary N) is 3. The van der Waals surface area contributed by atoms with Crippen LogP contribution in [0.25, 0.3) is 44.4 Å². The van der Waals surface area contributed by atoms with Crippen LogP contribution in [0.5, 0.6) is 0 Å². The van der Waals surface area contributed by atoms with Gasteiger partial charge in [-0.1, -0.05) is 90.1 Å². The Morgan fingerprint density at radius 3 is 2.08 bits per heavy atom. The molecule has 260 valence electrons. The maximum atomic E-state index is 13.4. The molecule has 0 saturated carbocycles. The minimum Gasteiger partial charge on any atom is -0.340 e. The van der Waals surface area contributed by atoms with Crippen molar-refractivity contribution in [2.45, 2.75) is 78.8 Å². The zero-order valence-corrected chi connectivity index (χ0v) is 30.2. The number of benzene rings is 3. The molecule has 0 radical (unpaired) electrons. The number of aromatic amines is 2. The summed E-state index contributed by atoms with van der Waals surface area (Å²) in [5.41, 5.74) is 5.53. The second-order valence-electron chi connectivity index (χ2n) is 15.8. The van der Waals surface area contributed by atoms with Gasteiger partial charge in [0.1, 0.15) is 17.2 Å². The quantitative estimate of drug-likeness (QED) is 0.138. The zero-order chi connectivity index (χ0) is 35.2. The molecule has 8 heteroatoms. The lowest BCUT2D eigenvalue weighted by Gasteiger charge is -2.27. The topological polar surface area (TPSA) is 107 Å². The number of nitrogens with zero attached hydrogens (tertiary/aromatic N) is 3. The third kappa shape index (κ3) is 6.65. The second-order valence-corrected chi connectivity index (χ2v) is 15.8. The Morgan fingerprint density at radius 2 is 1.40 bits per heavy atom. The molecule has 4 atom stereocenters. The molecule has 2 fully saturated rings. The average Bonchev–Trinajstić information content (AvgIpc) is 3.90. The lowest BCUT2D eigenvalue weighted by molar-refractivity contribution is -0.133. The number of aromatic nitrogens is 4. The van der Waals surface area contributed by atoms with Crippen LogP contribution in [0, 0.1) is 23.7 Å². The second kappa shape index (κ2) is 13.6. The SMILES string of the molecule is CC(C)CC(=O)N1C[C@@H](C)C[C@H]1c1ncc(-c2ccc3cc(-c4ccc(-c5cnc([C@]6(C(=O)CC(C)C)C[C@H](C)CN6)[nH]5)cc4)ccc3c2)[nH]1. The first kappa shape index (κ1) is 33.9. The summed E-state index contributed by atoms with van der Waals surface area (Å²) in [6.07, 6.45) is 6.54. The Labute approximate surface area is 295 Å². The molecule has 2 saturated heterocycles. The predicted molar refractivity (Wildman–Crippen MR) is 200 cm³/mol. The summed E-state index contributed by atoms with van der Waals surface area (Å²) in [7, 11) is 0. The molecule has 50 heavy (non-hydrogen) atoms. The van der Waals surface area contributed by atoms with E-state index in [1.165, 1.54) is 0 Å². The molecule has 5 aromatic rings. The largest absolute Gasteiger partial charge is 0.340 e. The van der Waals surface area contributed by atoms with Gasteiger partial charge in [0.05, 0.1) is 29.8 Å². The molecule has 7 rings (SSSR count). The van der Waals surface area contributed by atoms with E-state index in [9.17, 15) is 9.59 Å². The van der Waals surface area contributed by atoms with Crippen molar-refractivity contribution in [1.82, 2.24) is 30.2 Å². The molecular formula is C42H50N6O2. The maximum Gasteiger partial charge on any atom is 0.223 e. The summed E-state index contributed by atoms with van der Waals surface area (Å²) < 4.78 is 0. The Hall–Kier alpha value is -4.56. The van der Waals surface area contributed by atoms with Gasteiger partial charge in [0.2, 0.25) is 5.91 Å². The Bertz CT molecular complexity index is 2010. The van der Waals surface area contributed by atoms with Crippen LogP contribution in [0.2, 0.25) is 0 Å². The van der Waals surface area contributed by atoms with E-state index in [1.807, 2.05) is 17.3 Å². The zero-order valence-electron chi connectivity index (χ0n) is 30.2. The fraction of sp³-hybridized carbons (Fsp3) is 0.429. The van der Waals surface area contributed by atoms with Crippen molar-refractivity contribution >= 4 is 22.5 Å². The number of likely N-dealkylation sites (tertiary alicyclic amines) is 1. The van der Waals surface area contributed by atoms with Crippen LogP contribution in [0.4, 0.5) is 0 Å². The van der Waals surface area contributed by atoms with Gasteiger partial charge >= 0.3 is 0 Å². The van der Waals surface area contributed by atoms with E-state index in [1.54, 1.807) is 0 Å². The van der Waals surface area contributed by atoms with Gasteiger partial charge in [-0.2, -0.15) is 0 Å². The molecule has 2 aliphatic rings. The van der Waals surface area contributed by atoms with E-state index in [0.29, 0.717) is 36.5 Å². The van der Waals surface area contributed by atoms with Crippen LogP contribution in [0.1, 0.15) is 84.9 Å². The molecule has 3 aromatic carbocycles. The van der Waals surface area contributed by atoms with Crippen LogP contribution in [0.3, 0.4) is 0 Å². The summed E-state index contributed by atoms with van der Waals surface area (Å²) in [5.74, 6) is 3.52. The van der Waals surface area contributed by atoms with Gasteiger partial charge < -0.3 is 14.9 Å². The number of H-pyrrole nitrogens is 2. The fourth-order valence-corrected chi connectivity index (χ4v) is 7.91. The van der Waals surface area contributed by atoms with E-state index >= 15 is 0 Å². The van der Waals surface area contributed by atoms with Crippen molar-refractivity contribution in [3.63, 3.8) is 0 Å². The van der Waals surface area contributed by atoms with Crippen molar-refractivity contribution in [2.75, 3.05) is 13.1 Å². The number of amides is 1. The van der Waals surface area contributed by atoms with E-state index in [4.69, 9.17) is 9.97 Å². The molecule has 3 N–H and O–H groups in total. The molecular weight excluding hydrogens is 621 g/mol. The molecule has 1 amide bonds. The van der Waals surface area contributed by atoms with E-state index in [2.05, 4.69) is 117 Å². The van der Waals surface area contributed by atoms with Crippen molar-refractivity contribution < 1.29 is 9.59 Å². The molecule has 4 heterocycles. The van der Waals surface area contributed by atoms with Crippen molar-refractivity contribution in [1.29, 1.82) is 0 Å². The molecule has 0 unspecified atom stereocenters. The number of carbonyl (C=O) groups is 2. The average molecular weight is 671 g/mol. The Kier molecular flexibility index (Phi) is 9.24. The third-order valence-electron chi connectivity index (χ3n) is 10.5. The lowest BCUT2D eigenvalue weighted by atomic mass is 9.84. The van der Waals surface area contributed by atoms with Crippen LogP contribution in [-0.4, -0.2) is 49.6 Å². The molecule has 2 aliphatic heterocycles. The first-order valence-corrected chi connectivity index (χ1v) is 18.3. The highest BCUT2D eigenvalue weighted by Crippen LogP contribution is 2.38. The summed E-state index contributed by atoms with van der Waals surface area (Å²) in [4.78, 5) is 45.0. The van der Waals surface area contributed by atoms with Crippen LogP contribution in [0.15, 0.2) is 73.1 Å². The molecule has 2 aromatic heterocycles. The van der Waals surface area contributed by atoms with E-state index in [-0.39, 0.29) is 17.7 Å². The van der Waals surface area contributed by atoms with Gasteiger partial charge in [0.15, 0.2) is 5.78 Å². The van der Waals surface area contributed by atoms with Crippen molar-refractivity contribution in [3.8, 4) is 33.6 Å². The highest BCUT2D eigenvalue weighted by Gasteiger charge is 2.47. The van der Waals surface area contributed by atoms with Gasteiger partial charge in [-0.15, -0.1) is 0 Å². The Balaban J connectivity index is 1.07. The lowest BCUT2D eigenvalue weighted by Crippen LogP contribution is -2.46. The fourth-order valence-electron chi connectivity index (χ4n) is 7.91. The van der Waals surface area contributed by atoms with Gasteiger partial charge in [-0.05, 0) is 82.7 Å². The van der Waals surface area contributed by atoms with Gasteiger partial charge in [0.25, 0.3) is 0 Å². The van der Waals surface area contributed by atoms with E-state index < -0.39 is 5.54 Å². The standard InChI is InChI=1S/C42H50N6O2/c1-25(2)15-38(49)42(20-28(6)21-45-42)41-44-23-35(47-41)30-9-7-29(8-10-30)31-11-12-33-19-34(14-13-32(33)18-31)36-22-43-40(46-36)37-17-27(5)24-48(37)39(50)16-26(3)4/h7-14,18-19,22-23,25-28,37,45H,15-17,20-21,24H2,1-6H3,(H,43,46)(H,44,47)/t27-,28-,37-,42+/m0/s1. The summed E-state index contributed by atoms with van der Waals surface area (Å²) in [5, 5.41) is 5.85. The number of carbonyl (C=O) groups excluding carboxylic acids is 2. The minimum atomic E-state index is -0.740. The maximum absolute atomic E-state index is 13.4. The van der Waals surface area contributed by atoms with Gasteiger partial charge in [-0.25, -0.2) is 9.97 Å². The number of hydrogen-bond acceptors (Lipinski definition) is 5. The molecule has 0 spiro atoms. The van der Waals surface area contributed by atoms with Crippen molar-refractivity contribution in [3.05, 3.63) is 84.7 Å². The van der Waals surface area contributed by atoms with Gasteiger partial charge in [-0.3, -0.25) is 14.9 Å². The van der Waals surface area contributed by atoms with E-state index in [0.717, 1.165) is 82.0 Å². The smallest absolute Gasteiger partial charge is 0.223 e. The van der Waals surface area contributed by atoms with Gasteiger partial charge in [0, 0.05) is 24.9 Å². The summed E-state index contributed by atoms with van der Waals surface area (Å²) >= 11 is 0. The van der Waals surface area contributed by atoms with Crippen molar-refractivity contribution in [2.24, 2.45) is 23.7 Å². The normalized spacial score (nSPS) is 22.3. The number of Topliss-reactive ketones (excluding diaryl/α,β-unsaturated/α-hetero) is 1. The summed E-state index contributed by atoms with van der Waals surface area (Å²) in [6.45, 7) is 14.4. The monoisotopic (exact) mass is 670 g/mol. The molecule has 8 nitrogen and oxygen atoms in total. The number of fused-ring (bicyclic) bond motifs is 1. The minimum absolute atomic E-state index is 0.00148. The third-order valence-corrected chi connectivity index (χ3v) is 10.5. The highest BCUT2D eigenvalue weighted by molar-refractivity contribution is 5.91.